The summed E-state index contributed by atoms with van der Waals surface area (Å²) in [5, 5.41) is 3.31. The van der Waals surface area contributed by atoms with Crippen molar-refractivity contribution in [3.05, 3.63) is 23.2 Å². The Kier molecular flexibility index (Phi) is 4.43. The van der Waals surface area contributed by atoms with Gasteiger partial charge in [-0.2, -0.15) is 0 Å². The smallest absolute Gasteiger partial charge is 0.224 e. The van der Waals surface area contributed by atoms with Gasteiger partial charge in [0.15, 0.2) is 0 Å². The Morgan fingerprint density at radius 2 is 2.20 bits per heavy atom. The van der Waals surface area contributed by atoms with Gasteiger partial charge in [0.05, 0.1) is 12.3 Å². The van der Waals surface area contributed by atoms with Crippen LogP contribution in [-0.2, 0) is 4.79 Å². The van der Waals surface area contributed by atoms with Crippen LogP contribution < -0.4 is 10.1 Å². The molecule has 3 nitrogen and oxygen atoms in total. The van der Waals surface area contributed by atoms with Crippen molar-refractivity contribution in [3.8, 4) is 5.75 Å². The van der Waals surface area contributed by atoms with Gasteiger partial charge in [-0.15, -0.1) is 0 Å². The fourth-order valence-electron chi connectivity index (χ4n) is 1.12. The lowest BCUT2D eigenvalue weighted by atomic mass is 10.3. The van der Waals surface area contributed by atoms with Gasteiger partial charge in [0.25, 0.3) is 0 Å². The van der Waals surface area contributed by atoms with Crippen molar-refractivity contribution >= 4 is 23.2 Å². The first-order valence-corrected chi connectivity index (χ1v) is 5.27. The molecule has 1 amide bonds. The van der Waals surface area contributed by atoms with Crippen LogP contribution in [0.15, 0.2) is 18.2 Å². The molecule has 82 valence electrons. The lowest BCUT2D eigenvalue weighted by Gasteiger charge is -2.11. The first-order chi connectivity index (χ1) is 7.17. The monoisotopic (exact) mass is 227 g/mol. The van der Waals surface area contributed by atoms with E-state index in [1.165, 1.54) is 0 Å². The van der Waals surface area contributed by atoms with Gasteiger partial charge in [0, 0.05) is 11.4 Å². The number of anilines is 1. The summed E-state index contributed by atoms with van der Waals surface area (Å²) in [7, 11) is 0. The number of rotatable bonds is 4. The molecule has 0 aliphatic rings. The van der Waals surface area contributed by atoms with Crippen LogP contribution in [0.5, 0.6) is 5.75 Å². The summed E-state index contributed by atoms with van der Waals surface area (Å²) in [6.45, 7) is 4.23. The molecule has 0 unspecified atom stereocenters. The number of amides is 1. The Morgan fingerprint density at radius 3 is 2.80 bits per heavy atom. The van der Waals surface area contributed by atoms with Crippen LogP contribution in [-0.4, -0.2) is 12.5 Å². The van der Waals surface area contributed by atoms with Crippen molar-refractivity contribution in [2.24, 2.45) is 0 Å². The molecule has 0 bridgehead atoms. The van der Waals surface area contributed by atoms with Crippen LogP contribution in [0, 0.1) is 0 Å². The van der Waals surface area contributed by atoms with Gasteiger partial charge in [-0.3, -0.25) is 4.79 Å². The van der Waals surface area contributed by atoms with Crippen LogP contribution in [0.3, 0.4) is 0 Å². The molecule has 0 spiro atoms. The van der Waals surface area contributed by atoms with Gasteiger partial charge in [-0.25, -0.2) is 0 Å². The molecule has 0 atom stereocenters. The van der Waals surface area contributed by atoms with Gasteiger partial charge in [-0.1, -0.05) is 18.5 Å². The summed E-state index contributed by atoms with van der Waals surface area (Å²) in [6, 6.07) is 5.16. The molecule has 1 aromatic rings. The average Bonchev–Trinajstić information content (AvgIpc) is 2.22. The molecular formula is C11H14ClNO2. The van der Waals surface area contributed by atoms with Crippen molar-refractivity contribution in [2.45, 2.75) is 20.3 Å². The summed E-state index contributed by atoms with van der Waals surface area (Å²) in [6.07, 6.45) is 0.429. The van der Waals surface area contributed by atoms with Crippen LogP contribution in [0.1, 0.15) is 20.3 Å². The van der Waals surface area contributed by atoms with E-state index < -0.39 is 0 Å². The number of hydrogen-bond donors (Lipinski definition) is 1. The summed E-state index contributed by atoms with van der Waals surface area (Å²) in [5.41, 5.74) is 0.621. The highest BCUT2D eigenvalue weighted by Gasteiger charge is 2.06. The van der Waals surface area contributed by atoms with E-state index in [0.717, 1.165) is 0 Å². The zero-order valence-corrected chi connectivity index (χ0v) is 9.60. The largest absolute Gasteiger partial charge is 0.492 e. The number of carbonyl (C=O) groups excluding carboxylic acids is 1. The van der Waals surface area contributed by atoms with Gasteiger partial charge < -0.3 is 10.1 Å². The second kappa shape index (κ2) is 5.61. The molecule has 4 heteroatoms. The Bertz CT molecular complexity index is 352. The Balaban J connectivity index is 2.91. The fourth-order valence-corrected chi connectivity index (χ4v) is 1.29. The molecule has 0 saturated heterocycles. The van der Waals surface area contributed by atoms with E-state index in [0.29, 0.717) is 29.5 Å². The Morgan fingerprint density at radius 1 is 1.47 bits per heavy atom. The van der Waals surface area contributed by atoms with Crippen molar-refractivity contribution in [1.82, 2.24) is 0 Å². The quantitative estimate of drug-likeness (QED) is 0.859. The third-order valence-corrected chi connectivity index (χ3v) is 2.07. The van der Waals surface area contributed by atoms with Crippen molar-refractivity contribution < 1.29 is 9.53 Å². The second-order valence-corrected chi connectivity index (χ2v) is 3.41. The highest BCUT2D eigenvalue weighted by molar-refractivity contribution is 6.31. The van der Waals surface area contributed by atoms with Crippen LogP contribution >= 0.6 is 11.6 Å². The molecule has 0 aliphatic carbocycles. The van der Waals surface area contributed by atoms with E-state index in [1.54, 1.807) is 25.1 Å². The minimum atomic E-state index is -0.0572. The maximum absolute atomic E-state index is 11.2. The average molecular weight is 228 g/mol. The van der Waals surface area contributed by atoms with E-state index in [2.05, 4.69) is 5.32 Å². The van der Waals surface area contributed by atoms with Crippen LogP contribution in [0.25, 0.3) is 0 Å². The molecular weight excluding hydrogens is 214 g/mol. The van der Waals surface area contributed by atoms with Gasteiger partial charge >= 0.3 is 0 Å². The standard InChI is InChI=1S/C11H14ClNO2/c1-3-11(14)13-9-7-8(12)5-6-10(9)15-4-2/h5-7H,3-4H2,1-2H3,(H,13,14). The number of nitrogens with one attached hydrogen (secondary N) is 1. The number of benzene rings is 1. The number of carbonyl (C=O) groups is 1. The third-order valence-electron chi connectivity index (χ3n) is 1.84. The van der Waals surface area contributed by atoms with Crippen molar-refractivity contribution in [2.75, 3.05) is 11.9 Å². The SMILES string of the molecule is CCOc1ccc(Cl)cc1NC(=O)CC. The molecule has 1 rings (SSSR count). The first kappa shape index (κ1) is 11.9. The normalized spacial score (nSPS) is 9.80. The van der Waals surface area contributed by atoms with E-state index in [1.807, 2.05) is 6.92 Å². The molecule has 0 fully saturated rings. The fraction of sp³-hybridized carbons (Fsp3) is 0.364. The van der Waals surface area contributed by atoms with E-state index in [-0.39, 0.29) is 5.91 Å². The Labute approximate surface area is 94.4 Å². The predicted molar refractivity (Wildman–Crippen MR) is 61.5 cm³/mol. The minimum Gasteiger partial charge on any atom is -0.492 e. The summed E-state index contributed by atoms with van der Waals surface area (Å²) in [4.78, 5) is 11.2. The lowest BCUT2D eigenvalue weighted by molar-refractivity contribution is -0.115. The highest BCUT2D eigenvalue weighted by atomic mass is 35.5. The molecule has 1 N–H and O–H groups in total. The molecule has 1 aromatic carbocycles. The summed E-state index contributed by atoms with van der Waals surface area (Å²) in [5.74, 6) is 0.585. The maximum Gasteiger partial charge on any atom is 0.224 e. The molecule has 15 heavy (non-hydrogen) atoms. The van der Waals surface area contributed by atoms with Gasteiger partial charge in [0.1, 0.15) is 5.75 Å². The molecule has 0 aliphatic heterocycles. The molecule has 0 aromatic heterocycles. The third kappa shape index (κ3) is 3.44. The van der Waals surface area contributed by atoms with Crippen LogP contribution in [0.2, 0.25) is 5.02 Å². The number of hydrogen-bond acceptors (Lipinski definition) is 2. The maximum atomic E-state index is 11.2. The number of ether oxygens (including phenoxy) is 1. The van der Waals surface area contributed by atoms with Gasteiger partial charge in [-0.05, 0) is 25.1 Å². The lowest BCUT2D eigenvalue weighted by Crippen LogP contribution is -2.10. The zero-order valence-electron chi connectivity index (χ0n) is 8.84. The molecule has 0 heterocycles. The summed E-state index contributed by atoms with van der Waals surface area (Å²) < 4.78 is 5.36. The molecule has 0 saturated carbocycles. The van der Waals surface area contributed by atoms with E-state index >= 15 is 0 Å². The predicted octanol–water partition coefficient (Wildman–Crippen LogP) is 3.09. The van der Waals surface area contributed by atoms with E-state index in [9.17, 15) is 4.79 Å². The van der Waals surface area contributed by atoms with Crippen molar-refractivity contribution in [1.29, 1.82) is 0 Å². The second-order valence-electron chi connectivity index (χ2n) is 2.98. The van der Waals surface area contributed by atoms with Gasteiger partial charge in [0.2, 0.25) is 5.91 Å². The first-order valence-electron chi connectivity index (χ1n) is 4.89. The topological polar surface area (TPSA) is 38.3 Å². The zero-order chi connectivity index (χ0) is 11.3. The van der Waals surface area contributed by atoms with Crippen molar-refractivity contribution in [3.63, 3.8) is 0 Å². The summed E-state index contributed by atoms with van der Waals surface area (Å²) >= 11 is 5.84. The Hall–Kier alpha value is -1.22. The van der Waals surface area contributed by atoms with E-state index in [4.69, 9.17) is 16.3 Å². The van der Waals surface area contributed by atoms with Crippen LogP contribution in [0.4, 0.5) is 5.69 Å². The minimum absolute atomic E-state index is 0.0572. The molecule has 0 radical (unpaired) electrons. The highest BCUT2D eigenvalue weighted by Crippen LogP contribution is 2.28. The number of halogens is 1.